The summed E-state index contributed by atoms with van der Waals surface area (Å²) in [6.45, 7) is 1.46. The van der Waals surface area contributed by atoms with E-state index in [-0.39, 0.29) is 33.1 Å². The third-order valence-electron chi connectivity index (χ3n) is 3.34. The minimum Gasteiger partial charge on any atom is -0.493 e. The molecule has 0 saturated carbocycles. The summed E-state index contributed by atoms with van der Waals surface area (Å²) < 4.78 is 0.879. The maximum Gasteiger partial charge on any atom is 0.337 e. The lowest BCUT2D eigenvalue weighted by molar-refractivity contribution is 0.0697. The average Bonchev–Trinajstić information content (AvgIpc) is 2.54. The summed E-state index contributed by atoms with van der Waals surface area (Å²) in [6.07, 6.45) is 0. The quantitative estimate of drug-likeness (QED) is 0.825. The Morgan fingerprint density at radius 3 is 2.62 bits per heavy atom. The summed E-state index contributed by atoms with van der Waals surface area (Å²) in [6, 6.07) is 5.79. The maximum absolute atomic E-state index is 12.2. The lowest BCUT2D eigenvalue weighted by Gasteiger charge is -2.08. The van der Waals surface area contributed by atoms with Crippen molar-refractivity contribution in [2.75, 3.05) is 0 Å². The summed E-state index contributed by atoms with van der Waals surface area (Å²) in [5.41, 5.74) is -0.660. The molecule has 0 atom stereocenters. The van der Waals surface area contributed by atoms with Gasteiger partial charge in [0.05, 0.1) is 16.3 Å². The lowest BCUT2D eigenvalue weighted by Crippen LogP contribution is -2.18. The predicted octanol–water partition coefficient (Wildman–Crippen LogP) is 3.04. The van der Waals surface area contributed by atoms with Crippen molar-refractivity contribution in [3.8, 4) is 11.9 Å². The molecular weight excluding hydrogens is 336 g/mol. The zero-order chi connectivity index (χ0) is 18.0. The van der Waals surface area contributed by atoms with E-state index in [9.17, 15) is 14.7 Å². The van der Waals surface area contributed by atoms with Crippen LogP contribution in [-0.4, -0.2) is 20.7 Å². The maximum atomic E-state index is 12.2. The van der Waals surface area contributed by atoms with E-state index in [0.29, 0.717) is 0 Å². The molecule has 0 aliphatic heterocycles. The van der Waals surface area contributed by atoms with Crippen molar-refractivity contribution in [1.29, 1.82) is 5.26 Å². The summed E-state index contributed by atoms with van der Waals surface area (Å²) in [4.78, 5) is 23.2. The summed E-state index contributed by atoms with van der Waals surface area (Å²) in [5.74, 6) is -1.68. The Morgan fingerprint density at radius 2 is 2.04 bits per heavy atom. The number of pyridine rings is 1. The lowest BCUT2D eigenvalue weighted by atomic mass is 10.1. The third-order valence-corrected chi connectivity index (χ3v) is 3.67. The number of halogens is 1. The number of aromatic hydroxyl groups is 1. The Bertz CT molecular complexity index is 973. The van der Waals surface area contributed by atoms with E-state index in [1.807, 2.05) is 0 Å². The molecule has 2 rings (SSSR count). The zero-order valence-electron chi connectivity index (χ0n) is 12.6. The number of hydrogen-bond donors (Lipinski definition) is 2. The molecular formula is C15H11ClN4O4. The van der Waals surface area contributed by atoms with Crippen LogP contribution in [0.15, 0.2) is 33.2 Å². The van der Waals surface area contributed by atoms with E-state index >= 15 is 0 Å². The molecule has 24 heavy (non-hydrogen) atoms. The van der Waals surface area contributed by atoms with Crippen molar-refractivity contribution in [2.24, 2.45) is 17.3 Å². The summed E-state index contributed by atoms with van der Waals surface area (Å²) in [7, 11) is 1.29. The van der Waals surface area contributed by atoms with Crippen LogP contribution in [0, 0.1) is 18.3 Å². The largest absolute Gasteiger partial charge is 0.493 e. The van der Waals surface area contributed by atoms with Crippen molar-refractivity contribution in [3.05, 3.63) is 50.3 Å². The second kappa shape index (κ2) is 6.52. The van der Waals surface area contributed by atoms with E-state index in [2.05, 4.69) is 10.2 Å². The van der Waals surface area contributed by atoms with Crippen LogP contribution in [-0.2, 0) is 7.05 Å². The SMILES string of the molecule is Cc1c(C#N)c(O)n(C)c(=O)c1N=Nc1ccc(Cl)c(C(=O)O)c1. The Kier molecular flexibility index (Phi) is 4.66. The van der Waals surface area contributed by atoms with Crippen molar-refractivity contribution < 1.29 is 15.0 Å². The van der Waals surface area contributed by atoms with E-state index in [1.165, 1.54) is 32.2 Å². The van der Waals surface area contributed by atoms with Gasteiger partial charge in [-0.15, -0.1) is 5.11 Å². The molecule has 0 unspecified atom stereocenters. The van der Waals surface area contributed by atoms with Crippen molar-refractivity contribution in [2.45, 2.75) is 6.92 Å². The molecule has 1 heterocycles. The number of azo groups is 1. The van der Waals surface area contributed by atoms with Crippen LogP contribution in [0.5, 0.6) is 5.88 Å². The molecule has 0 spiro atoms. The van der Waals surface area contributed by atoms with Crippen LogP contribution in [0.1, 0.15) is 21.5 Å². The molecule has 8 nitrogen and oxygen atoms in total. The number of carboxylic acids is 1. The normalized spacial score (nSPS) is 10.8. The van der Waals surface area contributed by atoms with Gasteiger partial charge in [0, 0.05) is 12.6 Å². The predicted molar refractivity (Wildman–Crippen MR) is 85.4 cm³/mol. The van der Waals surface area contributed by atoms with Gasteiger partial charge in [0.1, 0.15) is 11.6 Å². The van der Waals surface area contributed by atoms with E-state index in [1.54, 1.807) is 6.07 Å². The number of aromatic nitrogens is 1. The van der Waals surface area contributed by atoms with Gasteiger partial charge in [-0.05, 0) is 25.1 Å². The number of nitrogens with zero attached hydrogens (tertiary/aromatic N) is 4. The van der Waals surface area contributed by atoms with Crippen LogP contribution in [0.25, 0.3) is 0 Å². The fourth-order valence-electron chi connectivity index (χ4n) is 1.97. The number of carbonyl (C=O) groups is 1. The molecule has 0 radical (unpaired) electrons. The topological polar surface area (TPSA) is 128 Å². The first-order valence-corrected chi connectivity index (χ1v) is 6.93. The Balaban J connectivity index is 2.57. The van der Waals surface area contributed by atoms with Gasteiger partial charge in [0.15, 0.2) is 5.69 Å². The highest BCUT2D eigenvalue weighted by atomic mass is 35.5. The van der Waals surface area contributed by atoms with Crippen molar-refractivity contribution >= 4 is 28.9 Å². The van der Waals surface area contributed by atoms with Gasteiger partial charge in [-0.2, -0.15) is 10.4 Å². The average molecular weight is 347 g/mol. The minimum absolute atomic E-state index is 0.0462. The van der Waals surface area contributed by atoms with E-state index in [0.717, 1.165) is 4.57 Å². The fourth-order valence-corrected chi connectivity index (χ4v) is 2.17. The molecule has 0 bridgehead atoms. The van der Waals surface area contributed by atoms with Crippen molar-refractivity contribution in [1.82, 2.24) is 4.57 Å². The second-order valence-corrected chi connectivity index (χ2v) is 5.22. The Hall–Kier alpha value is -3.18. The molecule has 0 aliphatic carbocycles. The first-order chi connectivity index (χ1) is 11.3. The fraction of sp³-hybridized carbons (Fsp3) is 0.133. The molecule has 122 valence electrons. The minimum atomic E-state index is -1.22. The molecule has 0 amide bonds. The van der Waals surface area contributed by atoms with Gasteiger partial charge in [0.25, 0.3) is 5.56 Å². The van der Waals surface area contributed by atoms with Gasteiger partial charge in [0.2, 0.25) is 5.88 Å². The van der Waals surface area contributed by atoms with Gasteiger partial charge >= 0.3 is 5.97 Å². The van der Waals surface area contributed by atoms with Gasteiger partial charge in [-0.3, -0.25) is 9.36 Å². The highest BCUT2D eigenvalue weighted by molar-refractivity contribution is 6.33. The van der Waals surface area contributed by atoms with Gasteiger partial charge in [-0.1, -0.05) is 11.6 Å². The van der Waals surface area contributed by atoms with Crippen LogP contribution in [0.4, 0.5) is 11.4 Å². The first-order valence-electron chi connectivity index (χ1n) is 6.55. The molecule has 9 heteroatoms. The monoisotopic (exact) mass is 346 g/mol. The van der Waals surface area contributed by atoms with Gasteiger partial charge in [-0.25, -0.2) is 4.79 Å². The van der Waals surface area contributed by atoms with Crippen LogP contribution >= 0.6 is 11.6 Å². The summed E-state index contributed by atoms with van der Waals surface area (Å²) >= 11 is 5.77. The molecule has 0 aliphatic rings. The van der Waals surface area contributed by atoms with Gasteiger partial charge < -0.3 is 10.2 Å². The third kappa shape index (κ3) is 2.98. The number of carboxylic acid groups (broad SMARTS) is 1. The number of hydrogen-bond acceptors (Lipinski definition) is 6. The number of rotatable bonds is 3. The molecule has 0 fully saturated rings. The van der Waals surface area contributed by atoms with Crippen molar-refractivity contribution in [3.63, 3.8) is 0 Å². The Morgan fingerprint density at radius 1 is 1.38 bits per heavy atom. The number of nitriles is 1. The smallest absolute Gasteiger partial charge is 0.337 e. The van der Waals surface area contributed by atoms with E-state index < -0.39 is 17.4 Å². The zero-order valence-corrected chi connectivity index (χ0v) is 13.4. The number of aromatic carboxylic acids is 1. The van der Waals surface area contributed by atoms with Crippen LogP contribution in [0.3, 0.4) is 0 Å². The standard InChI is InChI=1S/C15H11ClN4O4/c1-7-10(6-17)13(21)20(2)14(22)12(7)19-18-8-3-4-11(16)9(5-8)15(23)24/h3-5,21H,1-2H3,(H,23,24). The molecule has 1 aromatic heterocycles. The second-order valence-electron chi connectivity index (χ2n) is 4.82. The molecule has 2 N–H and O–H groups in total. The molecule has 1 aromatic carbocycles. The first kappa shape index (κ1) is 17.2. The molecule has 2 aromatic rings. The van der Waals surface area contributed by atoms with Crippen LogP contribution in [0.2, 0.25) is 5.02 Å². The highest BCUT2D eigenvalue weighted by Crippen LogP contribution is 2.27. The van der Waals surface area contributed by atoms with Crippen LogP contribution < -0.4 is 5.56 Å². The summed E-state index contributed by atoms with van der Waals surface area (Å²) in [5, 5.41) is 35.6. The van der Waals surface area contributed by atoms with E-state index in [4.69, 9.17) is 22.0 Å². The highest BCUT2D eigenvalue weighted by Gasteiger charge is 2.17. The number of benzene rings is 1. The molecule has 0 saturated heterocycles. The Labute approximate surface area is 140 Å².